The van der Waals surface area contributed by atoms with Gasteiger partial charge in [0.05, 0.1) is 12.7 Å². The highest BCUT2D eigenvalue weighted by atomic mass is 19.1. The first-order valence-electron chi connectivity index (χ1n) is 4.72. The molecule has 0 fully saturated rings. The Balaban J connectivity index is 2.70. The molecule has 1 rings (SSSR count). The van der Waals surface area contributed by atoms with E-state index in [0.29, 0.717) is 6.54 Å². The topological polar surface area (TPSA) is 41.5 Å². The summed E-state index contributed by atoms with van der Waals surface area (Å²) in [5.74, 6) is -0.206. The van der Waals surface area contributed by atoms with Crippen molar-refractivity contribution in [1.82, 2.24) is 0 Å². The Morgan fingerprint density at radius 2 is 2.13 bits per heavy atom. The van der Waals surface area contributed by atoms with Gasteiger partial charge in [-0.05, 0) is 26.0 Å². The minimum atomic E-state index is -0.804. The molecule has 0 heterocycles. The number of halogens is 1. The van der Waals surface area contributed by atoms with E-state index in [1.165, 1.54) is 13.2 Å². The van der Waals surface area contributed by atoms with Crippen molar-refractivity contribution in [2.75, 3.05) is 19.0 Å². The zero-order valence-corrected chi connectivity index (χ0v) is 9.17. The third-order valence-electron chi connectivity index (χ3n) is 1.88. The second-order valence-electron chi connectivity index (χ2n) is 4.02. The number of hydrogen-bond acceptors (Lipinski definition) is 3. The molecule has 15 heavy (non-hydrogen) atoms. The van der Waals surface area contributed by atoms with Crippen LogP contribution in [-0.4, -0.2) is 24.4 Å². The second-order valence-corrected chi connectivity index (χ2v) is 4.02. The summed E-state index contributed by atoms with van der Waals surface area (Å²) < 4.78 is 17.9. The number of methoxy groups -OCH3 is 1. The highest BCUT2D eigenvalue weighted by Crippen LogP contribution is 2.21. The van der Waals surface area contributed by atoms with E-state index < -0.39 is 11.4 Å². The van der Waals surface area contributed by atoms with Gasteiger partial charge in [0, 0.05) is 18.3 Å². The van der Waals surface area contributed by atoms with E-state index in [9.17, 15) is 9.50 Å². The van der Waals surface area contributed by atoms with Crippen LogP contribution >= 0.6 is 0 Å². The Hall–Kier alpha value is -1.29. The van der Waals surface area contributed by atoms with Gasteiger partial charge in [-0.2, -0.15) is 0 Å². The fourth-order valence-electron chi connectivity index (χ4n) is 1.09. The summed E-state index contributed by atoms with van der Waals surface area (Å²) in [6.45, 7) is 3.78. The van der Waals surface area contributed by atoms with E-state index in [0.717, 1.165) is 5.69 Å². The lowest BCUT2D eigenvalue weighted by atomic mass is 10.1. The van der Waals surface area contributed by atoms with E-state index in [2.05, 4.69) is 5.32 Å². The monoisotopic (exact) mass is 213 g/mol. The van der Waals surface area contributed by atoms with Gasteiger partial charge in [0.2, 0.25) is 0 Å². The second kappa shape index (κ2) is 4.49. The molecule has 1 aromatic rings. The largest absolute Gasteiger partial charge is 0.494 e. The minimum absolute atomic E-state index is 0.191. The fourth-order valence-corrected chi connectivity index (χ4v) is 1.09. The summed E-state index contributed by atoms with van der Waals surface area (Å²) in [6.07, 6.45) is 0. The zero-order chi connectivity index (χ0) is 11.5. The van der Waals surface area contributed by atoms with Crippen LogP contribution in [0.5, 0.6) is 5.75 Å². The quantitative estimate of drug-likeness (QED) is 0.804. The van der Waals surface area contributed by atoms with Gasteiger partial charge in [-0.1, -0.05) is 0 Å². The molecule has 0 spiro atoms. The van der Waals surface area contributed by atoms with Gasteiger partial charge in [-0.3, -0.25) is 0 Å². The lowest BCUT2D eigenvalue weighted by molar-refractivity contribution is 0.0945. The highest BCUT2D eigenvalue weighted by Gasteiger charge is 2.12. The first-order valence-corrected chi connectivity index (χ1v) is 4.72. The zero-order valence-electron chi connectivity index (χ0n) is 9.17. The van der Waals surface area contributed by atoms with E-state index in [1.54, 1.807) is 26.0 Å². The summed E-state index contributed by atoms with van der Waals surface area (Å²) in [4.78, 5) is 0. The van der Waals surface area contributed by atoms with Gasteiger partial charge in [0.1, 0.15) is 0 Å². The Morgan fingerprint density at radius 1 is 1.47 bits per heavy atom. The van der Waals surface area contributed by atoms with Gasteiger partial charge in [-0.25, -0.2) is 4.39 Å². The van der Waals surface area contributed by atoms with Crippen molar-refractivity contribution in [1.29, 1.82) is 0 Å². The van der Waals surface area contributed by atoms with E-state index in [1.807, 2.05) is 0 Å². The van der Waals surface area contributed by atoms with Crippen molar-refractivity contribution < 1.29 is 14.2 Å². The van der Waals surface area contributed by atoms with Gasteiger partial charge in [-0.15, -0.1) is 0 Å². The number of rotatable bonds is 4. The van der Waals surface area contributed by atoms with Crippen LogP contribution in [0.3, 0.4) is 0 Å². The molecule has 0 aliphatic rings. The summed E-state index contributed by atoms with van der Waals surface area (Å²) in [5.41, 5.74) is -0.0860. The Morgan fingerprint density at radius 3 is 2.67 bits per heavy atom. The van der Waals surface area contributed by atoms with Gasteiger partial charge >= 0.3 is 0 Å². The molecular formula is C11H16FNO2. The average Bonchev–Trinajstić information content (AvgIpc) is 2.15. The lowest BCUT2D eigenvalue weighted by Gasteiger charge is -2.18. The Kier molecular flexibility index (Phi) is 3.52. The summed E-state index contributed by atoms with van der Waals surface area (Å²) in [7, 11) is 1.41. The van der Waals surface area contributed by atoms with Gasteiger partial charge in [0.25, 0.3) is 0 Å². The van der Waals surface area contributed by atoms with E-state index >= 15 is 0 Å². The molecule has 3 nitrogen and oxygen atoms in total. The van der Waals surface area contributed by atoms with Gasteiger partial charge in [0.15, 0.2) is 11.6 Å². The van der Waals surface area contributed by atoms with E-state index in [4.69, 9.17) is 4.74 Å². The standard InChI is InChI=1S/C11H16FNO2/c1-11(2,14)7-13-8-4-5-9(12)10(6-8)15-3/h4-6,13-14H,7H2,1-3H3. The number of benzene rings is 1. The van der Waals surface area contributed by atoms with Crippen LogP contribution in [0.15, 0.2) is 18.2 Å². The van der Waals surface area contributed by atoms with Gasteiger partial charge < -0.3 is 15.2 Å². The van der Waals surface area contributed by atoms with Crippen molar-refractivity contribution in [2.45, 2.75) is 19.4 Å². The molecule has 2 N–H and O–H groups in total. The average molecular weight is 213 g/mol. The van der Waals surface area contributed by atoms with Crippen molar-refractivity contribution in [3.05, 3.63) is 24.0 Å². The minimum Gasteiger partial charge on any atom is -0.494 e. The Bertz CT molecular complexity index is 334. The molecule has 0 atom stereocenters. The number of anilines is 1. The molecule has 0 amide bonds. The molecule has 0 radical (unpaired) electrons. The molecule has 0 aliphatic heterocycles. The summed E-state index contributed by atoms with van der Waals surface area (Å²) >= 11 is 0. The number of aliphatic hydroxyl groups is 1. The van der Waals surface area contributed by atoms with Crippen LogP contribution < -0.4 is 10.1 Å². The molecule has 0 aliphatic carbocycles. The van der Waals surface area contributed by atoms with Crippen molar-refractivity contribution in [3.63, 3.8) is 0 Å². The maximum absolute atomic E-state index is 13.0. The number of nitrogens with one attached hydrogen (secondary N) is 1. The van der Waals surface area contributed by atoms with Crippen LogP contribution in [0.1, 0.15) is 13.8 Å². The van der Waals surface area contributed by atoms with Crippen LogP contribution in [-0.2, 0) is 0 Å². The fraction of sp³-hybridized carbons (Fsp3) is 0.455. The van der Waals surface area contributed by atoms with Crippen molar-refractivity contribution in [2.24, 2.45) is 0 Å². The predicted molar refractivity (Wildman–Crippen MR) is 57.7 cm³/mol. The van der Waals surface area contributed by atoms with Crippen LogP contribution in [0, 0.1) is 5.82 Å². The van der Waals surface area contributed by atoms with Crippen LogP contribution in [0.2, 0.25) is 0 Å². The maximum Gasteiger partial charge on any atom is 0.165 e. The summed E-state index contributed by atoms with van der Waals surface area (Å²) in [6, 6.07) is 4.48. The van der Waals surface area contributed by atoms with Crippen LogP contribution in [0.25, 0.3) is 0 Å². The van der Waals surface area contributed by atoms with Crippen molar-refractivity contribution in [3.8, 4) is 5.75 Å². The number of ether oxygens (including phenoxy) is 1. The number of hydrogen-bond donors (Lipinski definition) is 2. The predicted octanol–water partition coefficient (Wildman–Crippen LogP) is 2.02. The molecule has 0 saturated heterocycles. The molecule has 1 aromatic carbocycles. The maximum atomic E-state index is 13.0. The molecular weight excluding hydrogens is 197 g/mol. The SMILES string of the molecule is COc1cc(NCC(C)(C)O)ccc1F. The third kappa shape index (κ3) is 3.75. The Labute approximate surface area is 88.9 Å². The molecule has 0 aromatic heterocycles. The van der Waals surface area contributed by atoms with Crippen LogP contribution in [0.4, 0.5) is 10.1 Å². The molecule has 84 valence electrons. The molecule has 4 heteroatoms. The third-order valence-corrected chi connectivity index (χ3v) is 1.88. The molecule has 0 bridgehead atoms. The summed E-state index contributed by atoms with van der Waals surface area (Å²) in [5, 5.41) is 12.5. The van der Waals surface area contributed by atoms with Crippen molar-refractivity contribution >= 4 is 5.69 Å². The molecule has 0 unspecified atom stereocenters. The normalized spacial score (nSPS) is 11.3. The first-order chi connectivity index (χ1) is 6.92. The van der Waals surface area contributed by atoms with E-state index in [-0.39, 0.29) is 5.75 Å². The lowest BCUT2D eigenvalue weighted by Crippen LogP contribution is -2.29. The smallest absolute Gasteiger partial charge is 0.165 e. The highest BCUT2D eigenvalue weighted by molar-refractivity contribution is 5.49. The molecule has 0 saturated carbocycles. The first kappa shape index (κ1) is 11.8.